The zero-order chi connectivity index (χ0) is 28.0. The quantitative estimate of drug-likeness (QED) is 0.607. The first-order valence-electron chi connectivity index (χ1n) is 12.3. The number of rotatable bonds is 7. The van der Waals surface area contributed by atoms with Crippen LogP contribution in [0.3, 0.4) is 0 Å². The third-order valence-corrected chi connectivity index (χ3v) is 5.32. The van der Waals surface area contributed by atoms with E-state index in [1.807, 2.05) is 49.4 Å². The molecule has 2 aromatic carbocycles. The summed E-state index contributed by atoms with van der Waals surface area (Å²) in [6.07, 6.45) is 1.12. The first-order valence-corrected chi connectivity index (χ1v) is 10.1. The minimum atomic E-state index is -2.68. The molecule has 1 heterocycles. The van der Waals surface area contributed by atoms with Crippen LogP contribution in [0.1, 0.15) is 15.1 Å². The summed E-state index contributed by atoms with van der Waals surface area (Å²) >= 11 is 1.67. The average molecular weight is 451 g/mol. The molecule has 0 unspecified atom stereocenters. The smallest absolute Gasteiger partial charge is 0.328 e. The molecule has 0 amide bonds. The lowest BCUT2D eigenvalue weighted by atomic mass is 10.1. The summed E-state index contributed by atoms with van der Waals surface area (Å²) in [5, 5.41) is 15.6. The predicted octanol–water partition coefficient (Wildman–Crippen LogP) is 4.21. The van der Waals surface area contributed by atoms with E-state index in [1.165, 1.54) is 0 Å². The summed E-state index contributed by atoms with van der Waals surface area (Å²) in [7, 11) is 1.61. The van der Waals surface area contributed by atoms with Crippen molar-refractivity contribution in [3.8, 4) is 5.75 Å². The molecule has 0 fully saturated rings. The van der Waals surface area contributed by atoms with Gasteiger partial charge in [-0.25, -0.2) is 9.59 Å². The van der Waals surface area contributed by atoms with Crippen molar-refractivity contribution in [1.29, 1.82) is 0 Å². The van der Waals surface area contributed by atoms with Crippen LogP contribution >= 0.6 is 11.8 Å². The maximum atomic E-state index is 9.55. The van der Waals surface area contributed by atoms with Crippen molar-refractivity contribution in [3.63, 3.8) is 0 Å². The zero-order valence-corrected chi connectivity index (χ0v) is 17.9. The number of methoxy groups -OCH3 is 1. The largest absolute Gasteiger partial charge is 0.497 e. The lowest BCUT2D eigenvalue weighted by molar-refractivity contribution is -0.134. The van der Waals surface area contributed by atoms with Crippen LogP contribution in [0, 0.1) is 5.92 Å². The molecule has 1 aliphatic rings. The molecule has 0 saturated carbocycles. The van der Waals surface area contributed by atoms with Crippen LogP contribution in [0.15, 0.2) is 64.4 Å². The van der Waals surface area contributed by atoms with Crippen molar-refractivity contribution < 1.29 is 32.8 Å². The molecule has 31 heavy (non-hydrogen) atoms. The number of benzene rings is 2. The molecule has 1 atom stereocenters. The molecule has 7 nitrogen and oxygen atoms in total. The molecule has 0 spiro atoms. The lowest BCUT2D eigenvalue weighted by Crippen LogP contribution is -2.31. The molecule has 2 N–H and O–H groups in total. The van der Waals surface area contributed by atoms with Gasteiger partial charge in [-0.15, -0.1) is 0 Å². The summed E-state index contributed by atoms with van der Waals surface area (Å²) in [6, 6.07) is 13.9. The number of hydrogen-bond donors (Lipinski definition) is 2. The van der Waals surface area contributed by atoms with Crippen molar-refractivity contribution in [2.75, 3.05) is 39.1 Å². The first kappa shape index (κ1) is 16.7. The molecule has 3 rings (SSSR count). The van der Waals surface area contributed by atoms with E-state index < -0.39 is 25.9 Å². The van der Waals surface area contributed by atoms with E-state index in [2.05, 4.69) is 4.90 Å². The average Bonchev–Trinajstić information content (AvgIpc) is 2.80. The third kappa shape index (κ3) is 7.34. The Morgan fingerprint density at radius 3 is 2.39 bits per heavy atom. The van der Waals surface area contributed by atoms with Crippen LogP contribution in [-0.2, 0) is 9.59 Å². The summed E-state index contributed by atoms with van der Waals surface area (Å²) in [5.74, 6) is -2.00. The Bertz CT molecular complexity index is 1110. The number of carboxylic acid groups (broad SMARTS) is 2. The zero-order valence-electron chi connectivity index (χ0n) is 23.1. The van der Waals surface area contributed by atoms with E-state index >= 15 is 0 Å². The summed E-state index contributed by atoms with van der Waals surface area (Å²) in [4.78, 5) is 24.0. The van der Waals surface area contributed by atoms with Crippen LogP contribution in [-0.4, -0.2) is 61.2 Å². The number of para-hydroxylation sites is 1. The van der Waals surface area contributed by atoms with Gasteiger partial charge in [-0.05, 0) is 44.1 Å². The highest BCUT2D eigenvalue weighted by Gasteiger charge is 2.25. The number of aliphatic carboxylic acids is 2. The fraction of sp³-hybridized carbons (Fsp3) is 0.304. The van der Waals surface area contributed by atoms with Crippen LogP contribution < -0.4 is 9.64 Å². The van der Waals surface area contributed by atoms with Gasteiger partial charge in [-0.1, -0.05) is 30.8 Å². The van der Waals surface area contributed by atoms with Gasteiger partial charge < -0.3 is 24.7 Å². The van der Waals surface area contributed by atoms with E-state index in [-0.39, 0.29) is 12.5 Å². The van der Waals surface area contributed by atoms with Crippen molar-refractivity contribution in [2.24, 2.45) is 5.92 Å². The maximum absolute atomic E-state index is 9.55. The lowest BCUT2D eigenvalue weighted by Gasteiger charge is -2.35. The molecule has 0 bridgehead atoms. The van der Waals surface area contributed by atoms with E-state index in [0.717, 1.165) is 26.9 Å². The van der Waals surface area contributed by atoms with Crippen LogP contribution in [0.4, 0.5) is 11.4 Å². The number of nitrogens with zero attached hydrogens (tertiary/aromatic N) is 2. The number of hydrogen-bond acceptors (Lipinski definition) is 6. The number of ether oxygens (including phenoxy) is 1. The van der Waals surface area contributed by atoms with E-state index in [9.17, 15) is 9.59 Å². The highest BCUT2D eigenvalue weighted by molar-refractivity contribution is 7.99. The third-order valence-electron chi connectivity index (χ3n) is 4.19. The molecule has 2 aromatic rings. The molecular formula is C23H28N2O5S. The van der Waals surface area contributed by atoms with E-state index in [1.54, 1.807) is 18.9 Å². The van der Waals surface area contributed by atoms with Gasteiger partial charge in [0.05, 0.1) is 18.5 Å². The topological polar surface area (TPSA) is 90.3 Å². The Labute approximate surface area is 195 Å². The van der Waals surface area contributed by atoms with Crippen molar-refractivity contribution in [3.05, 3.63) is 54.6 Å². The van der Waals surface area contributed by atoms with Gasteiger partial charge in [-0.3, -0.25) is 0 Å². The van der Waals surface area contributed by atoms with Crippen molar-refractivity contribution >= 4 is 35.1 Å². The first-order chi connectivity index (χ1) is 17.1. The van der Waals surface area contributed by atoms with Gasteiger partial charge in [-0.2, -0.15) is 0 Å². The minimum absolute atomic E-state index is 0.0713. The monoisotopic (exact) mass is 450 g/mol. The molecule has 166 valence electrons. The van der Waals surface area contributed by atoms with Crippen LogP contribution in [0.25, 0.3) is 0 Å². The molecule has 0 radical (unpaired) electrons. The van der Waals surface area contributed by atoms with Crippen molar-refractivity contribution in [1.82, 2.24) is 4.90 Å². The van der Waals surface area contributed by atoms with Crippen LogP contribution in [0.2, 0.25) is 0 Å². The van der Waals surface area contributed by atoms with Gasteiger partial charge in [0.25, 0.3) is 0 Å². The van der Waals surface area contributed by atoms with Crippen LogP contribution in [0.5, 0.6) is 5.75 Å². The molecular weight excluding hydrogens is 416 g/mol. The Morgan fingerprint density at radius 2 is 1.77 bits per heavy atom. The number of anilines is 2. The normalized spacial score (nSPS) is 16.8. The Kier molecular flexibility index (Phi) is 6.15. The van der Waals surface area contributed by atoms with Gasteiger partial charge in [0.15, 0.2) is 0 Å². The minimum Gasteiger partial charge on any atom is -0.497 e. The second-order valence-corrected chi connectivity index (χ2v) is 7.82. The fourth-order valence-corrected chi connectivity index (χ4v) is 4.03. The predicted molar refractivity (Wildman–Crippen MR) is 123 cm³/mol. The molecule has 0 aromatic heterocycles. The highest BCUT2D eigenvalue weighted by atomic mass is 32.2. The standard InChI is InChI=1S/C19H24N2OS.C4H4O4/c1-14(12-20(2)3)13-21-16-7-5-6-8-18(16)23-19-10-9-15(22-4)11-17(19)21;5-3(6)1-2-4(7)8/h5-11,14H,12-13H2,1-4H3;1-2H,(H,5,6)(H,7,8)/b;2-1-/t14-;/m1./s1/i2D3,3D3;. The Hall–Kier alpha value is -2.97. The second-order valence-electron chi connectivity index (χ2n) is 6.74. The maximum Gasteiger partial charge on any atom is 0.328 e. The SMILES string of the molecule is O=C(O)/C=C\C(=O)O.[2H]C([2H])([2H])N(C[C@@H](C)CN1c2ccccc2Sc2ccc(OC)cc21)C([2H])([2H])[2H]. The van der Waals surface area contributed by atoms with Gasteiger partial charge in [0.2, 0.25) is 0 Å². The molecule has 1 aliphatic heterocycles. The van der Waals surface area contributed by atoms with Gasteiger partial charge >= 0.3 is 11.9 Å². The molecule has 8 heteroatoms. The highest BCUT2D eigenvalue weighted by Crippen LogP contribution is 2.49. The fourth-order valence-electron chi connectivity index (χ4n) is 2.96. The summed E-state index contributed by atoms with van der Waals surface area (Å²) in [5.41, 5.74) is 1.98. The number of carboxylic acids is 2. The summed E-state index contributed by atoms with van der Waals surface area (Å²) < 4.78 is 51.0. The summed E-state index contributed by atoms with van der Waals surface area (Å²) in [6.45, 7) is -3.10. The van der Waals surface area contributed by atoms with Gasteiger partial charge in [0, 0.05) is 49.3 Å². The Balaban J connectivity index is 0.000000521. The van der Waals surface area contributed by atoms with Crippen molar-refractivity contribution in [2.45, 2.75) is 16.7 Å². The second kappa shape index (κ2) is 11.4. The van der Waals surface area contributed by atoms with E-state index in [0.29, 0.717) is 23.6 Å². The molecule has 0 aliphatic carbocycles. The van der Waals surface area contributed by atoms with Gasteiger partial charge in [0.1, 0.15) is 5.75 Å². The number of fused-ring (bicyclic) bond motifs is 2. The number of carbonyl (C=O) groups is 2. The van der Waals surface area contributed by atoms with E-state index in [4.69, 9.17) is 23.2 Å². The molecule has 0 saturated heterocycles. The Morgan fingerprint density at radius 1 is 1.13 bits per heavy atom.